The molecule has 0 saturated carbocycles. The molecule has 6 nitrogen and oxygen atoms in total. The molecule has 0 saturated heterocycles. The third-order valence-electron chi connectivity index (χ3n) is 4.25. The van der Waals surface area contributed by atoms with Gasteiger partial charge in [0.05, 0.1) is 12.2 Å². The minimum Gasteiger partial charge on any atom is -0.360 e. The molecule has 6 heteroatoms. The minimum atomic E-state index is -0.0925. The maximum atomic E-state index is 12.6. The van der Waals surface area contributed by atoms with E-state index in [1.807, 2.05) is 23.9 Å². The molecule has 0 bridgehead atoms. The lowest BCUT2D eigenvalue weighted by atomic mass is 9.88. The predicted octanol–water partition coefficient (Wildman–Crippen LogP) is 2.29. The highest BCUT2D eigenvalue weighted by molar-refractivity contribution is 5.93. The van der Waals surface area contributed by atoms with Gasteiger partial charge in [-0.15, -0.1) is 0 Å². The Hall–Kier alpha value is -2.11. The quantitative estimate of drug-likeness (QED) is 0.869. The van der Waals surface area contributed by atoms with E-state index in [9.17, 15) is 4.79 Å². The highest BCUT2D eigenvalue weighted by Crippen LogP contribution is 2.28. The Balaban J connectivity index is 1.74. The minimum absolute atomic E-state index is 0.0925. The number of carbonyl (C=O) groups excluding carboxylic acids is 1. The van der Waals surface area contributed by atoms with Gasteiger partial charge in [-0.1, -0.05) is 12.1 Å². The zero-order valence-electron chi connectivity index (χ0n) is 13.4. The Morgan fingerprint density at radius 3 is 3.09 bits per heavy atom. The topological polar surface area (TPSA) is 64.2 Å². The van der Waals surface area contributed by atoms with Crippen LogP contribution in [0, 0.1) is 5.92 Å². The van der Waals surface area contributed by atoms with Crippen LogP contribution in [-0.2, 0) is 25.9 Å². The van der Waals surface area contributed by atoms with Crippen molar-refractivity contribution in [3.63, 3.8) is 0 Å². The molecule has 22 heavy (non-hydrogen) atoms. The normalized spacial score (nSPS) is 17.3. The molecule has 3 rings (SSSR count). The number of hydrogen-bond donors (Lipinski definition) is 0. The van der Waals surface area contributed by atoms with E-state index >= 15 is 0 Å². The molecule has 118 valence electrons. The van der Waals surface area contributed by atoms with Crippen molar-refractivity contribution < 1.29 is 9.32 Å². The molecule has 1 amide bonds. The third kappa shape index (κ3) is 2.77. The van der Waals surface area contributed by atoms with Gasteiger partial charge < -0.3 is 9.42 Å². The van der Waals surface area contributed by atoms with Gasteiger partial charge in [-0.25, -0.2) is 0 Å². The van der Waals surface area contributed by atoms with Crippen molar-refractivity contribution in [1.29, 1.82) is 0 Å². The van der Waals surface area contributed by atoms with Crippen LogP contribution in [0.5, 0.6) is 0 Å². The van der Waals surface area contributed by atoms with E-state index in [0.717, 1.165) is 42.8 Å². The first-order valence-electron chi connectivity index (χ1n) is 7.83. The fourth-order valence-electron chi connectivity index (χ4n) is 2.91. The number of fused-ring (bicyclic) bond motifs is 1. The monoisotopic (exact) mass is 302 g/mol. The summed E-state index contributed by atoms with van der Waals surface area (Å²) in [5, 5.41) is 8.44. The van der Waals surface area contributed by atoms with E-state index in [2.05, 4.69) is 17.2 Å². The Bertz CT molecular complexity index is 673. The van der Waals surface area contributed by atoms with E-state index in [-0.39, 0.29) is 5.91 Å². The Morgan fingerprint density at radius 2 is 2.36 bits per heavy atom. The van der Waals surface area contributed by atoms with Crippen LogP contribution < -0.4 is 0 Å². The average molecular weight is 302 g/mol. The summed E-state index contributed by atoms with van der Waals surface area (Å²) in [7, 11) is 1.78. The summed E-state index contributed by atoms with van der Waals surface area (Å²) in [4.78, 5) is 14.3. The second-order valence-corrected chi connectivity index (χ2v) is 6.10. The lowest BCUT2D eigenvalue weighted by Crippen LogP contribution is -2.28. The molecule has 2 heterocycles. The maximum absolute atomic E-state index is 12.6. The van der Waals surface area contributed by atoms with Crippen molar-refractivity contribution in [3.8, 4) is 0 Å². The van der Waals surface area contributed by atoms with Crippen molar-refractivity contribution in [2.75, 3.05) is 7.05 Å². The Kier molecular flexibility index (Phi) is 4.00. The van der Waals surface area contributed by atoms with Gasteiger partial charge in [-0.2, -0.15) is 5.10 Å². The highest BCUT2D eigenvalue weighted by Gasteiger charge is 2.28. The Labute approximate surface area is 130 Å². The zero-order valence-corrected chi connectivity index (χ0v) is 13.4. The molecule has 1 aliphatic rings. The lowest BCUT2D eigenvalue weighted by Gasteiger charge is -2.18. The zero-order chi connectivity index (χ0) is 15.7. The first kappa shape index (κ1) is 14.8. The number of aromatic nitrogens is 3. The van der Waals surface area contributed by atoms with E-state index in [0.29, 0.717) is 18.2 Å². The molecule has 2 aromatic heterocycles. The fourth-order valence-corrected chi connectivity index (χ4v) is 2.91. The van der Waals surface area contributed by atoms with Crippen molar-refractivity contribution in [2.45, 2.75) is 46.2 Å². The molecule has 0 spiro atoms. The number of amides is 1. The number of aryl methyl sites for hydroxylation is 2. The van der Waals surface area contributed by atoms with Gasteiger partial charge in [0.1, 0.15) is 5.76 Å². The van der Waals surface area contributed by atoms with Crippen molar-refractivity contribution in [1.82, 2.24) is 19.8 Å². The molecule has 0 aromatic carbocycles. The summed E-state index contributed by atoms with van der Waals surface area (Å²) < 4.78 is 7.22. The van der Waals surface area contributed by atoms with Crippen molar-refractivity contribution in [3.05, 3.63) is 35.0 Å². The number of carbonyl (C=O) groups is 1. The number of rotatable bonds is 4. The second kappa shape index (κ2) is 5.94. The molecular weight excluding hydrogens is 280 g/mol. The SMILES string of the molecule is CCn1ccc(CN(C)C(=O)c2noc3c2CC(C)CC3)n1. The molecule has 0 fully saturated rings. The largest absolute Gasteiger partial charge is 0.360 e. The van der Waals surface area contributed by atoms with Gasteiger partial charge in [0.2, 0.25) is 0 Å². The van der Waals surface area contributed by atoms with Crippen molar-refractivity contribution >= 4 is 5.91 Å². The van der Waals surface area contributed by atoms with Gasteiger partial charge in [0.25, 0.3) is 5.91 Å². The average Bonchev–Trinajstić information content (AvgIpc) is 3.12. The number of hydrogen-bond acceptors (Lipinski definition) is 4. The summed E-state index contributed by atoms with van der Waals surface area (Å²) >= 11 is 0. The van der Waals surface area contributed by atoms with Gasteiger partial charge in [-0.05, 0) is 31.7 Å². The molecular formula is C16H22N4O2. The predicted molar refractivity (Wildman–Crippen MR) is 81.4 cm³/mol. The van der Waals surface area contributed by atoms with Crippen LogP contribution in [0.15, 0.2) is 16.8 Å². The van der Waals surface area contributed by atoms with Gasteiger partial charge in [-0.3, -0.25) is 9.48 Å². The lowest BCUT2D eigenvalue weighted by molar-refractivity contribution is 0.0771. The highest BCUT2D eigenvalue weighted by atomic mass is 16.5. The van der Waals surface area contributed by atoms with Gasteiger partial charge in [0.15, 0.2) is 5.69 Å². The maximum Gasteiger partial charge on any atom is 0.276 e. The molecule has 0 radical (unpaired) electrons. The summed E-state index contributed by atoms with van der Waals surface area (Å²) in [5.41, 5.74) is 2.34. The first-order valence-corrected chi connectivity index (χ1v) is 7.83. The smallest absolute Gasteiger partial charge is 0.276 e. The summed E-state index contributed by atoms with van der Waals surface area (Å²) in [5.74, 6) is 1.36. The van der Waals surface area contributed by atoms with Crippen LogP contribution in [0.3, 0.4) is 0 Å². The van der Waals surface area contributed by atoms with Crippen LogP contribution >= 0.6 is 0 Å². The van der Waals surface area contributed by atoms with E-state index < -0.39 is 0 Å². The standard InChI is InChI=1S/C16H22N4O2/c1-4-20-8-7-12(17-20)10-19(3)16(21)15-13-9-11(2)5-6-14(13)22-18-15/h7-8,11H,4-6,9-10H2,1-3H3. The third-order valence-corrected chi connectivity index (χ3v) is 4.25. The Morgan fingerprint density at radius 1 is 1.55 bits per heavy atom. The van der Waals surface area contributed by atoms with Gasteiger partial charge in [0, 0.05) is 31.8 Å². The molecule has 1 unspecified atom stereocenters. The van der Waals surface area contributed by atoms with E-state index in [4.69, 9.17) is 4.52 Å². The van der Waals surface area contributed by atoms with Crippen LogP contribution in [0.25, 0.3) is 0 Å². The molecule has 1 atom stereocenters. The molecule has 0 aliphatic heterocycles. The van der Waals surface area contributed by atoms with E-state index in [1.54, 1.807) is 11.9 Å². The summed E-state index contributed by atoms with van der Waals surface area (Å²) in [6.07, 6.45) is 4.77. The van der Waals surface area contributed by atoms with Gasteiger partial charge >= 0.3 is 0 Å². The van der Waals surface area contributed by atoms with Crippen LogP contribution in [-0.4, -0.2) is 32.8 Å². The van der Waals surface area contributed by atoms with Crippen molar-refractivity contribution in [2.24, 2.45) is 5.92 Å². The summed E-state index contributed by atoms with van der Waals surface area (Å²) in [6, 6.07) is 1.94. The van der Waals surface area contributed by atoms with Crippen LogP contribution in [0.2, 0.25) is 0 Å². The number of nitrogens with zero attached hydrogens (tertiary/aromatic N) is 4. The molecule has 2 aromatic rings. The second-order valence-electron chi connectivity index (χ2n) is 6.10. The van der Waals surface area contributed by atoms with Crippen LogP contribution in [0.1, 0.15) is 47.8 Å². The van der Waals surface area contributed by atoms with E-state index in [1.165, 1.54) is 0 Å². The molecule has 1 aliphatic carbocycles. The first-order chi connectivity index (χ1) is 10.6. The summed E-state index contributed by atoms with van der Waals surface area (Å²) in [6.45, 7) is 5.54. The molecule has 0 N–H and O–H groups in total. The van der Waals surface area contributed by atoms with Crippen LogP contribution in [0.4, 0.5) is 0 Å². The fraction of sp³-hybridized carbons (Fsp3) is 0.562.